The van der Waals surface area contributed by atoms with E-state index in [0.717, 1.165) is 22.1 Å². The summed E-state index contributed by atoms with van der Waals surface area (Å²) in [7, 11) is 1.54. The van der Waals surface area contributed by atoms with Crippen LogP contribution in [0.5, 0.6) is 11.5 Å². The number of carbonyl (C=O) groups is 1. The molecular formula is C30H27BrN4O6S. The predicted molar refractivity (Wildman–Crippen MR) is 165 cm³/mol. The van der Waals surface area contributed by atoms with Crippen LogP contribution in [0.3, 0.4) is 0 Å². The normalized spacial score (nSPS) is 15.0. The predicted octanol–water partition coefficient (Wildman–Crippen LogP) is 4.64. The van der Waals surface area contributed by atoms with Crippen molar-refractivity contribution in [3.8, 4) is 11.5 Å². The summed E-state index contributed by atoms with van der Waals surface area (Å²) in [4.78, 5) is 45.8. The van der Waals surface area contributed by atoms with Crippen molar-refractivity contribution in [3.05, 3.63) is 105 Å². The maximum Gasteiger partial charge on any atom is 0.312 e. The van der Waals surface area contributed by atoms with Crippen molar-refractivity contribution in [2.24, 2.45) is 4.99 Å². The van der Waals surface area contributed by atoms with E-state index >= 15 is 0 Å². The first-order chi connectivity index (χ1) is 20.1. The molecule has 0 bridgehead atoms. The van der Waals surface area contributed by atoms with Gasteiger partial charge < -0.3 is 14.7 Å². The molecule has 0 fully saturated rings. The third-order valence-electron chi connectivity index (χ3n) is 7.29. The third-order valence-corrected chi connectivity index (χ3v) is 8.73. The van der Waals surface area contributed by atoms with Gasteiger partial charge in [0.2, 0.25) is 5.75 Å². The largest absolute Gasteiger partial charge is 0.502 e. The topological polar surface area (TPSA) is 127 Å². The number of phenols is 1. The molecule has 0 saturated carbocycles. The summed E-state index contributed by atoms with van der Waals surface area (Å²) < 4.78 is 7.84. The Morgan fingerprint density at radius 2 is 1.95 bits per heavy atom. The molecule has 1 aliphatic rings. The van der Waals surface area contributed by atoms with Crippen LogP contribution in [0.15, 0.2) is 74.1 Å². The number of phenolic OH excluding ortho intramolecular Hbond substituents is 1. The van der Waals surface area contributed by atoms with Crippen LogP contribution in [0.2, 0.25) is 0 Å². The standard InChI is InChI=1S/C30H27BrN4O6S/c1-5-33(6-2)29(38)24-16(3)32-30-34(26(24)25-20-10-8-7-9-17(20)11-12-22(25)41-4)28(37)23(42-30)14-18-13-19(31)15-21(27(18)36)35(39)40/h7-15,26,36H,5-6H2,1-4H3/b23-14+/t26-/m0/s1. The number of benzene rings is 3. The summed E-state index contributed by atoms with van der Waals surface area (Å²) in [5.74, 6) is -0.293. The molecule has 0 radical (unpaired) electrons. The first-order valence-corrected chi connectivity index (χ1v) is 14.8. The highest BCUT2D eigenvalue weighted by atomic mass is 79.9. The van der Waals surface area contributed by atoms with Crippen LogP contribution >= 0.6 is 27.3 Å². The maximum atomic E-state index is 14.2. The summed E-state index contributed by atoms with van der Waals surface area (Å²) in [6, 6.07) is 13.2. The number of hydrogen-bond donors (Lipinski definition) is 1. The molecular weight excluding hydrogens is 624 g/mol. The van der Waals surface area contributed by atoms with Crippen LogP contribution in [0, 0.1) is 10.1 Å². The van der Waals surface area contributed by atoms with Gasteiger partial charge in [-0.2, -0.15) is 0 Å². The highest BCUT2D eigenvalue weighted by Gasteiger charge is 2.36. The number of ether oxygens (including phenoxy) is 1. The molecule has 10 nitrogen and oxygen atoms in total. The number of nitro benzene ring substituents is 1. The molecule has 0 unspecified atom stereocenters. The van der Waals surface area contributed by atoms with Gasteiger partial charge in [-0.1, -0.05) is 57.6 Å². The minimum absolute atomic E-state index is 0.0933. The second-order valence-corrected chi connectivity index (χ2v) is 11.5. The number of allylic oxidation sites excluding steroid dienone is 1. The van der Waals surface area contributed by atoms with Crippen LogP contribution in [0.1, 0.15) is 37.9 Å². The molecule has 0 spiro atoms. The Balaban J connectivity index is 1.86. The fourth-order valence-electron chi connectivity index (χ4n) is 5.28. The van der Waals surface area contributed by atoms with Gasteiger partial charge in [0, 0.05) is 34.8 Å². The Hall–Kier alpha value is -4.29. The van der Waals surface area contributed by atoms with E-state index in [1.807, 2.05) is 50.2 Å². The molecule has 2 heterocycles. The monoisotopic (exact) mass is 650 g/mol. The lowest BCUT2D eigenvalue weighted by Gasteiger charge is -2.30. The number of hydrogen-bond acceptors (Lipinski definition) is 8. The molecule has 3 aromatic carbocycles. The van der Waals surface area contributed by atoms with Gasteiger partial charge in [-0.05, 0) is 49.8 Å². The minimum atomic E-state index is -0.872. The zero-order valence-corrected chi connectivity index (χ0v) is 25.7. The lowest BCUT2D eigenvalue weighted by atomic mass is 9.90. The van der Waals surface area contributed by atoms with Crippen molar-refractivity contribution >= 4 is 55.7 Å². The van der Waals surface area contributed by atoms with E-state index in [1.165, 1.54) is 22.8 Å². The molecule has 5 rings (SSSR count). The number of methoxy groups -OCH3 is 1. The van der Waals surface area contributed by atoms with Crippen LogP contribution < -0.4 is 19.6 Å². The summed E-state index contributed by atoms with van der Waals surface area (Å²) >= 11 is 4.32. The van der Waals surface area contributed by atoms with E-state index in [0.29, 0.717) is 44.9 Å². The number of nitrogens with zero attached hydrogens (tertiary/aromatic N) is 4. The van der Waals surface area contributed by atoms with Crippen molar-refractivity contribution in [2.75, 3.05) is 20.2 Å². The lowest BCUT2D eigenvalue weighted by molar-refractivity contribution is -0.385. The molecule has 1 atom stereocenters. The molecule has 216 valence electrons. The molecule has 1 amide bonds. The zero-order valence-electron chi connectivity index (χ0n) is 23.3. The molecule has 4 aromatic rings. The van der Waals surface area contributed by atoms with Gasteiger partial charge in [-0.3, -0.25) is 24.3 Å². The number of likely N-dealkylation sites (N-methyl/N-ethyl adjacent to an activating group) is 1. The molecule has 42 heavy (non-hydrogen) atoms. The van der Waals surface area contributed by atoms with Gasteiger partial charge >= 0.3 is 5.69 Å². The molecule has 0 aliphatic carbocycles. The highest BCUT2D eigenvalue weighted by Crippen LogP contribution is 2.40. The van der Waals surface area contributed by atoms with E-state index < -0.39 is 28.0 Å². The summed E-state index contributed by atoms with van der Waals surface area (Å²) in [5, 5.41) is 23.8. The van der Waals surface area contributed by atoms with E-state index in [9.17, 15) is 24.8 Å². The first-order valence-electron chi connectivity index (χ1n) is 13.2. The number of fused-ring (bicyclic) bond motifs is 2. The Labute approximate surface area is 252 Å². The minimum Gasteiger partial charge on any atom is -0.502 e. The Bertz CT molecular complexity index is 1980. The smallest absolute Gasteiger partial charge is 0.312 e. The molecule has 0 saturated heterocycles. The van der Waals surface area contributed by atoms with Crippen molar-refractivity contribution in [2.45, 2.75) is 26.8 Å². The quantitative estimate of drug-likeness (QED) is 0.229. The number of halogens is 1. The number of rotatable bonds is 7. The second-order valence-electron chi connectivity index (χ2n) is 9.58. The number of aromatic nitrogens is 1. The van der Waals surface area contributed by atoms with Gasteiger partial charge in [-0.15, -0.1) is 0 Å². The van der Waals surface area contributed by atoms with Gasteiger partial charge in [0.25, 0.3) is 11.5 Å². The highest BCUT2D eigenvalue weighted by molar-refractivity contribution is 9.10. The maximum absolute atomic E-state index is 14.2. The summed E-state index contributed by atoms with van der Waals surface area (Å²) in [6.45, 7) is 6.48. The second kappa shape index (κ2) is 11.5. The van der Waals surface area contributed by atoms with Crippen molar-refractivity contribution in [1.29, 1.82) is 0 Å². The van der Waals surface area contributed by atoms with Gasteiger partial charge in [0.15, 0.2) is 4.80 Å². The fraction of sp³-hybridized carbons (Fsp3) is 0.233. The van der Waals surface area contributed by atoms with Gasteiger partial charge in [0.1, 0.15) is 11.8 Å². The number of aromatic hydroxyl groups is 1. The summed E-state index contributed by atoms with van der Waals surface area (Å²) in [5.41, 5.74) is 0.612. The number of nitro groups is 1. The molecule has 1 N–H and O–H groups in total. The van der Waals surface area contributed by atoms with Crippen molar-refractivity contribution in [3.63, 3.8) is 0 Å². The van der Waals surface area contributed by atoms with Crippen LogP contribution in [-0.4, -0.2) is 45.6 Å². The Morgan fingerprint density at radius 1 is 1.24 bits per heavy atom. The number of carbonyl (C=O) groups excluding carboxylic acids is 1. The van der Waals surface area contributed by atoms with E-state index in [2.05, 4.69) is 15.9 Å². The van der Waals surface area contributed by atoms with Crippen molar-refractivity contribution < 1.29 is 19.6 Å². The molecule has 1 aromatic heterocycles. The summed E-state index contributed by atoms with van der Waals surface area (Å²) in [6.07, 6.45) is 1.40. The van der Waals surface area contributed by atoms with E-state index in [1.54, 1.807) is 18.9 Å². The first kappa shape index (κ1) is 29.2. The number of amides is 1. The zero-order chi connectivity index (χ0) is 30.3. The molecule has 1 aliphatic heterocycles. The van der Waals surface area contributed by atoms with Crippen LogP contribution in [0.25, 0.3) is 16.8 Å². The number of thiazole rings is 1. The van der Waals surface area contributed by atoms with Crippen LogP contribution in [0.4, 0.5) is 5.69 Å². The van der Waals surface area contributed by atoms with Crippen LogP contribution in [-0.2, 0) is 4.79 Å². The average molecular weight is 652 g/mol. The average Bonchev–Trinajstić information content (AvgIpc) is 3.27. The Kier molecular flexibility index (Phi) is 8.02. The third kappa shape index (κ3) is 4.90. The van der Waals surface area contributed by atoms with E-state index in [-0.39, 0.29) is 16.0 Å². The van der Waals surface area contributed by atoms with Gasteiger partial charge in [0.05, 0.1) is 27.8 Å². The van der Waals surface area contributed by atoms with Gasteiger partial charge in [-0.25, -0.2) is 4.99 Å². The lowest BCUT2D eigenvalue weighted by Crippen LogP contribution is -2.43. The van der Waals surface area contributed by atoms with Crippen molar-refractivity contribution in [1.82, 2.24) is 9.47 Å². The fourth-order valence-corrected chi connectivity index (χ4v) is 6.78. The molecule has 12 heteroatoms. The SMILES string of the molecule is CCN(CC)C(=O)C1=C(C)N=c2s/c(=C/c3cc(Br)cc([N+](=O)[O-])c3O)c(=O)n2[C@@H]1c1c(OC)ccc2ccccc12. The van der Waals surface area contributed by atoms with E-state index in [4.69, 9.17) is 9.73 Å². The Morgan fingerprint density at radius 3 is 2.62 bits per heavy atom.